The molecule has 0 spiro atoms. The lowest BCUT2D eigenvalue weighted by Gasteiger charge is -2.03. The van der Waals surface area contributed by atoms with E-state index in [0.717, 1.165) is 17.7 Å². The van der Waals surface area contributed by atoms with E-state index in [0.29, 0.717) is 0 Å². The van der Waals surface area contributed by atoms with E-state index in [1.807, 2.05) is 24.3 Å². The number of benzene rings is 1. The molecule has 0 unspecified atom stereocenters. The van der Waals surface area contributed by atoms with Gasteiger partial charge in [0.15, 0.2) is 0 Å². The smallest absolute Gasteiger partial charge is 0.314 e. The molecule has 1 rings (SSSR count). The fourth-order valence-corrected chi connectivity index (χ4v) is 1.03. The molecule has 1 amide bonds. The van der Waals surface area contributed by atoms with Crippen molar-refractivity contribution in [2.45, 2.75) is 6.42 Å². The predicted octanol–water partition coefficient (Wildman–Crippen LogP) is 1.89. The summed E-state index contributed by atoms with van der Waals surface area (Å²) >= 11 is 0. The monoisotopic (exact) mass is 160 g/mol. The summed E-state index contributed by atoms with van der Waals surface area (Å²) in [6.45, 7) is 3.63. The molecule has 61 valence electrons. The lowest BCUT2D eigenvalue weighted by Crippen LogP contribution is -1.97. The van der Waals surface area contributed by atoms with Crippen molar-refractivity contribution >= 4 is 12.1 Å². The van der Waals surface area contributed by atoms with Crippen molar-refractivity contribution in [3.8, 4) is 0 Å². The molecule has 12 heavy (non-hydrogen) atoms. The number of rotatable bonds is 4. The van der Waals surface area contributed by atoms with Gasteiger partial charge in [0, 0.05) is 5.69 Å². The van der Waals surface area contributed by atoms with Gasteiger partial charge >= 0.3 is 6.41 Å². The highest BCUT2D eigenvalue weighted by Crippen LogP contribution is 2.14. The minimum Gasteiger partial charge on any atom is -0.318 e. The Bertz CT molecular complexity index is 252. The van der Waals surface area contributed by atoms with Crippen molar-refractivity contribution in [3.05, 3.63) is 42.5 Å². The Hall–Kier alpha value is -1.57. The molecule has 2 nitrogen and oxygen atoms in total. The Morgan fingerprint density at radius 2 is 2.25 bits per heavy atom. The Labute approximate surface area is 71.9 Å². The van der Waals surface area contributed by atoms with Gasteiger partial charge in [-0.1, -0.05) is 24.3 Å². The lowest BCUT2D eigenvalue weighted by atomic mass is 10.1. The zero-order chi connectivity index (χ0) is 8.81. The van der Waals surface area contributed by atoms with Gasteiger partial charge < -0.3 is 5.32 Å². The first kappa shape index (κ1) is 8.53. The molecule has 2 heteroatoms. The molecule has 0 aliphatic carbocycles. The molecule has 0 bridgehead atoms. The summed E-state index contributed by atoms with van der Waals surface area (Å²) in [6, 6.07) is 7.58. The van der Waals surface area contributed by atoms with Crippen LogP contribution in [-0.4, -0.2) is 6.41 Å². The van der Waals surface area contributed by atoms with Crippen LogP contribution in [0.2, 0.25) is 0 Å². The average molecular weight is 160 g/mol. The summed E-state index contributed by atoms with van der Waals surface area (Å²) in [7, 11) is 0. The highest BCUT2D eigenvalue weighted by atomic mass is 16.1. The van der Waals surface area contributed by atoms with E-state index in [4.69, 9.17) is 0 Å². The number of amides is 1. The van der Waals surface area contributed by atoms with Crippen molar-refractivity contribution in [1.82, 2.24) is 0 Å². The largest absolute Gasteiger partial charge is 0.318 e. The third kappa shape index (κ3) is 1.95. The molecule has 1 radical (unpaired) electrons. The van der Waals surface area contributed by atoms with Crippen LogP contribution < -0.4 is 5.32 Å². The van der Waals surface area contributed by atoms with Crippen molar-refractivity contribution < 1.29 is 4.79 Å². The highest BCUT2D eigenvalue weighted by Gasteiger charge is 1.97. The highest BCUT2D eigenvalue weighted by molar-refractivity contribution is 5.73. The molecule has 0 heterocycles. The number of hydrogen-bond donors (Lipinski definition) is 1. The summed E-state index contributed by atoms with van der Waals surface area (Å²) in [5.74, 6) is 0. The van der Waals surface area contributed by atoms with Gasteiger partial charge in [-0.2, -0.15) is 0 Å². The van der Waals surface area contributed by atoms with Gasteiger partial charge in [0.05, 0.1) is 0 Å². The van der Waals surface area contributed by atoms with Crippen molar-refractivity contribution in [2.24, 2.45) is 0 Å². The van der Waals surface area contributed by atoms with Gasteiger partial charge in [-0.05, 0) is 18.1 Å². The number of carbonyl (C=O) groups excluding carboxylic acids is 1. The maximum Gasteiger partial charge on any atom is 0.314 e. The normalized spacial score (nSPS) is 9.00. The summed E-state index contributed by atoms with van der Waals surface area (Å²) in [6.07, 6.45) is 4.20. The molecule has 1 N–H and O–H groups in total. The van der Waals surface area contributed by atoms with Crippen LogP contribution in [0.1, 0.15) is 5.56 Å². The summed E-state index contributed by atoms with van der Waals surface area (Å²) in [4.78, 5) is 10.1. The van der Waals surface area contributed by atoms with Crippen LogP contribution in [-0.2, 0) is 11.2 Å². The fourth-order valence-electron chi connectivity index (χ4n) is 1.03. The third-order valence-electron chi connectivity index (χ3n) is 1.57. The van der Waals surface area contributed by atoms with Gasteiger partial charge in [-0.25, -0.2) is 0 Å². The summed E-state index contributed by atoms with van der Waals surface area (Å²) < 4.78 is 0. The Morgan fingerprint density at radius 3 is 2.92 bits per heavy atom. The molecule has 0 aliphatic rings. The van der Waals surface area contributed by atoms with Gasteiger partial charge in [-0.15, -0.1) is 6.58 Å². The minimum absolute atomic E-state index is 0.755. The second-order valence-corrected chi connectivity index (χ2v) is 2.38. The first-order valence-electron chi connectivity index (χ1n) is 3.70. The number of allylic oxidation sites excluding steroid dienone is 1. The van der Waals surface area contributed by atoms with Crippen LogP contribution in [0.3, 0.4) is 0 Å². The quantitative estimate of drug-likeness (QED) is 0.529. The fraction of sp³-hybridized carbons (Fsp3) is 0.100. The van der Waals surface area contributed by atoms with E-state index in [1.54, 1.807) is 12.5 Å². The lowest BCUT2D eigenvalue weighted by molar-refractivity contribution is 0.561. The van der Waals surface area contributed by atoms with Crippen LogP contribution >= 0.6 is 0 Å². The SMILES string of the molecule is C=CCc1ccccc1N[C]=O. The van der Waals surface area contributed by atoms with E-state index in [-0.39, 0.29) is 0 Å². The number of hydrogen-bond acceptors (Lipinski definition) is 1. The van der Waals surface area contributed by atoms with Crippen LogP contribution in [0.25, 0.3) is 0 Å². The van der Waals surface area contributed by atoms with Crippen LogP contribution in [0.15, 0.2) is 36.9 Å². The van der Waals surface area contributed by atoms with E-state index in [9.17, 15) is 4.79 Å². The summed E-state index contributed by atoms with van der Waals surface area (Å²) in [5.41, 5.74) is 1.85. The molecule has 0 saturated carbocycles. The number of nitrogens with one attached hydrogen (secondary N) is 1. The topological polar surface area (TPSA) is 29.1 Å². The summed E-state index contributed by atoms with van der Waals surface area (Å²) in [5, 5.41) is 2.51. The van der Waals surface area contributed by atoms with Crippen LogP contribution in [0.5, 0.6) is 0 Å². The maximum atomic E-state index is 10.1. The minimum atomic E-state index is 0.755. The molecule has 0 fully saturated rings. The zero-order valence-electron chi connectivity index (χ0n) is 6.71. The van der Waals surface area contributed by atoms with Crippen molar-refractivity contribution in [2.75, 3.05) is 5.32 Å². The van der Waals surface area contributed by atoms with Crippen molar-refractivity contribution in [3.63, 3.8) is 0 Å². The number of para-hydroxylation sites is 1. The molecule has 0 atom stereocenters. The average Bonchev–Trinajstić information content (AvgIpc) is 2.09. The Kier molecular flexibility index (Phi) is 3.08. The van der Waals surface area contributed by atoms with Gasteiger partial charge in [-0.3, -0.25) is 4.79 Å². The molecule has 1 aromatic carbocycles. The zero-order valence-corrected chi connectivity index (χ0v) is 6.71. The number of anilines is 1. The molecule has 1 aromatic rings. The molecule has 0 aromatic heterocycles. The third-order valence-corrected chi connectivity index (χ3v) is 1.57. The first-order chi connectivity index (χ1) is 5.88. The maximum absolute atomic E-state index is 10.1. The molecule has 0 aliphatic heterocycles. The molecular formula is C10H10NO. The van der Waals surface area contributed by atoms with Crippen LogP contribution in [0, 0.1) is 0 Å². The first-order valence-corrected chi connectivity index (χ1v) is 3.70. The van der Waals surface area contributed by atoms with E-state index in [2.05, 4.69) is 11.9 Å². The van der Waals surface area contributed by atoms with E-state index in [1.165, 1.54) is 0 Å². The van der Waals surface area contributed by atoms with E-state index < -0.39 is 0 Å². The second kappa shape index (κ2) is 4.34. The second-order valence-electron chi connectivity index (χ2n) is 2.38. The molecule has 0 saturated heterocycles. The standard InChI is InChI=1S/C10H10NO/c1-2-5-9-6-3-4-7-10(9)11-8-12/h2-4,6-7H,1,5H2,(H,11,12). The van der Waals surface area contributed by atoms with Crippen LogP contribution in [0.4, 0.5) is 5.69 Å². The predicted molar refractivity (Wildman–Crippen MR) is 49.7 cm³/mol. The Balaban J connectivity index is 2.90. The van der Waals surface area contributed by atoms with Crippen molar-refractivity contribution in [1.29, 1.82) is 0 Å². The van der Waals surface area contributed by atoms with Gasteiger partial charge in [0.1, 0.15) is 0 Å². The van der Waals surface area contributed by atoms with Gasteiger partial charge in [0.25, 0.3) is 0 Å². The Morgan fingerprint density at radius 1 is 1.50 bits per heavy atom. The van der Waals surface area contributed by atoms with E-state index >= 15 is 0 Å². The molecular weight excluding hydrogens is 150 g/mol. The van der Waals surface area contributed by atoms with Gasteiger partial charge in [0.2, 0.25) is 0 Å².